The van der Waals surface area contributed by atoms with Crippen molar-refractivity contribution in [2.45, 2.75) is 77.3 Å². The third kappa shape index (κ3) is 3.84. The molecule has 0 aromatic carbocycles. The number of hydrogen-bond donors (Lipinski definition) is 3. The first-order valence-electron chi connectivity index (χ1n) is 11.1. The molecule has 5 aliphatic carbocycles. The van der Waals surface area contributed by atoms with Crippen molar-refractivity contribution in [1.29, 1.82) is 0 Å². The monoisotopic (exact) mass is 453 g/mol. The van der Waals surface area contributed by atoms with Crippen LogP contribution in [0.2, 0.25) is 0 Å². The first kappa shape index (κ1) is 22.5. The Morgan fingerprint density at radius 2 is 1.81 bits per heavy atom. The molecule has 4 fully saturated rings. The fraction of sp³-hybridized carbons (Fsp3) is 0.727. The molecule has 4 saturated carbocycles. The van der Waals surface area contributed by atoms with Crippen LogP contribution in [-0.4, -0.2) is 31.8 Å². The SMILES string of the molecule is CC1=C(F)C(S(=O)(=O)NC(C)(C)C(=O)NC2C3CC4CC2CC(C(N)=O)(C4)C3)=CCC1. The molecule has 0 heterocycles. The maximum atomic E-state index is 14.4. The van der Waals surface area contributed by atoms with Crippen molar-refractivity contribution in [2.75, 3.05) is 0 Å². The smallest absolute Gasteiger partial charge is 0.244 e. The number of nitrogens with two attached hydrogens (primary N) is 1. The summed E-state index contributed by atoms with van der Waals surface area (Å²) in [6.07, 6.45) is 6.37. The van der Waals surface area contributed by atoms with Gasteiger partial charge in [-0.3, -0.25) is 9.59 Å². The maximum absolute atomic E-state index is 14.4. The van der Waals surface area contributed by atoms with Crippen LogP contribution in [0.3, 0.4) is 0 Å². The number of rotatable bonds is 6. The van der Waals surface area contributed by atoms with Gasteiger partial charge in [-0.1, -0.05) is 6.08 Å². The van der Waals surface area contributed by atoms with Gasteiger partial charge in [-0.25, -0.2) is 12.8 Å². The van der Waals surface area contributed by atoms with Crippen molar-refractivity contribution in [3.05, 3.63) is 22.4 Å². The topological polar surface area (TPSA) is 118 Å². The van der Waals surface area contributed by atoms with Crippen LogP contribution in [-0.2, 0) is 19.6 Å². The fourth-order valence-electron chi connectivity index (χ4n) is 6.39. The maximum Gasteiger partial charge on any atom is 0.244 e. The number of carbonyl (C=O) groups is 2. The van der Waals surface area contributed by atoms with Crippen molar-refractivity contribution < 1.29 is 22.4 Å². The average Bonchev–Trinajstić information content (AvgIpc) is 2.65. The quantitative estimate of drug-likeness (QED) is 0.572. The predicted molar refractivity (Wildman–Crippen MR) is 114 cm³/mol. The van der Waals surface area contributed by atoms with Gasteiger partial charge in [-0.2, -0.15) is 4.72 Å². The van der Waals surface area contributed by atoms with E-state index in [9.17, 15) is 22.4 Å². The molecule has 2 amide bonds. The third-order valence-corrected chi connectivity index (χ3v) is 9.48. The normalized spacial score (nSPS) is 35.2. The lowest BCUT2D eigenvalue weighted by Gasteiger charge is -2.59. The summed E-state index contributed by atoms with van der Waals surface area (Å²) in [7, 11) is -4.19. The van der Waals surface area contributed by atoms with Gasteiger partial charge < -0.3 is 11.1 Å². The Balaban J connectivity index is 1.48. The molecular formula is C22H32FN3O4S. The number of nitrogens with one attached hydrogen (secondary N) is 2. The third-order valence-electron chi connectivity index (χ3n) is 7.78. The van der Waals surface area contributed by atoms with E-state index in [-0.39, 0.29) is 23.8 Å². The predicted octanol–water partition coefficient (Wildman–Crippen LogP) is 2.40. The molecule has 4 N–H and O–H groups in total. The molecule has 5 rings (SSSR count). The molecule has 2 atom stereocenters. The number of halogens is 1. The van der Waals surface area contributed by atoms with E-state index in [0.717, 1.165) is 19.3 Å². The lowest BCUT2D eigenvalue weighted by Crippen LogP contribution is -2.65. The van der Waals surface area contributed by atoms with Crippen LogP contribution in [0.25, 0.3) is 0 Å². The van der Waals surface area contributed by atoms with E-state index >= 15 is 0 Å². The van der Waals surface area contributed by atoms with Gasteiger partial charge in [0.05, 0.1) is 0 Å². The zero-order valence-electron chi connectivity index (χ0n) is 18.3. The van der Waals surface area contributed by atoms with Gasteiger partial charge in [0.2, 0.25) is 21.8 Å². The summed E-state index contributed by atoms with van der Waals surface area (Å²) in [6, 6.07) is -0.104. The second-order valence-electron chi connectivity index (χ2n) is 10.5. The first-order valence-corrected chi connectivity index (χ1v) is 12.5. The fourth-order valence-corrected chi connectivity index (χ4v) is 8.01. The number of primary amides is 1. The van der Waals surface area contributed by atoms with E-state index in [1.165, 1.54) is 19.9 Å². The van der Waals surface area contributed by atoms with E-state index in [1.54, 1.807) is 6.92 Å². The standard InChI is InChI=1S/C22H32FN3O4S/c1-12-5-4-6-16(17(12)23)31(29,30)26-21(2,3)20(28)25-18-14-7-13-8-15(18)11-22(9-13,10-14)19(24)27/h6,13-15,18,26H,4-5,7-11H2,1-3H3,(H2,24,27)(H,25,28). The second-order valence-corrected chi connectivity index (χ2v) is 12.2. The van der Waals surface area contributed by atoms with E-state index < -0.39 is 37.6 Å². The number of allylic oxidation sites excluding steroid dienone is 3. The minimum Gasteiger partial charge on any atom is -0.369 e. The minimum absolute atomic E-state index is 0.104. The molecule has 5 aliphatic rings. The van der Waals surface area contributed by atoms with Crippen molar-refractivity contribution in [3.8, 4) is 0 Å². The molecule has 0 aromatic heterocycles. The number of hydrogen-bond acceptors (Lipinski definition) is 4. The highest BCUT2D eigenvalue weighted by Gasteiger charge is 2.58. The molecule has 7 nitrogen and oxygen atoms in total. The van der Waals surface area contributed by atoms with Crippen LogP contribution >= 0.6 is 0 Å². The van der Waals surface area contributed by atoms with Crippen LogP contribution in [0, 0.1) is 23.2 Å². The lowest BCUT2D eigenvalue weighted by molar-refractivity contribution is -0.148. The van der Waals surface area contributed by atoms with E-state index in [0.29, 0.717) is 37.2 Å². The highest BCUT2D eigenvalue weighted by Crippen LogP contribution is 2.59. The Morgan fingerprint density at radius 3 is 2.39 bits per heavy atom. The van der Waals surface area contributed by atoms with E-state index in [1.807, 2.05) is 0 Å². The molecule has 0 saturated heterocycles. The minimum atomic E-state index is -4.19. The van der Waals surface area contributed by atoms with Crippen LogP contribution in [0.15, 0.2) is 22.4 Å². The lowest BCUT2D eigenvalue weighted by atomic mass is 9.47. The Morgan fingerprint density at radius 1 is 1.19 bits per heavy atom. The van der Waals surface area contributed by atoms with E-state index in [4.69, 9.17) is 5.73 Å². The summed E-state index contributed by atoms with van der Waals surface area (Å²) >= 11 is 0. The summed E-state index contributed by atoms with van der Waals surface area (Å²) in [6.45, 7) is 4.54. The van der Waals surface area contributed by atoms with Gasteiger partial charge in [0.15, 0.2) is 0 Å². The molecule has 4 bridgehead atoms. The van der Waals surface area contributed by atoms with Crippen molar-refractivity contribution in [2.24, 2.45) is 28.9 Å². The molecule has 0 radical (unpaired) electrons. The molecule has 0 spiro atoms. The zero-order valence-corrected chi connectivity index (χ0v) is 19.1. The summed E-state index contributed by atoms with van der Waals surface area (Å²) in [5, 5.41) is 3.06. The Kier molecular flexibility index (Phi) is 5.36. The molecule has 9 heteroatoms. The van der Waals surface area contributed by atoms with Crippen molar-refractivity contribution >= 4 is 21.8 Å². The Labute approximate surface area is 183 Å². The molecule has 172 valence electrons. The van der Waals surface area contributed by atoms with E-state index in [2.05, 4.69) is 10.0 Å². The summed E-state index contributed by atoms with van der Waals surface area (Å²) in [4.78, 5) is 24.8. The van der Waals surface area contributed by atoms with Crippen molar-refractivity contribution in [3.63, 3.8) is 0 Å². The molecule has 31 heavy (non-hydrogen) atoms. The van der Waals surface area contributed by atoms with Crippen LogP contribution in [0.5, 0.6) is 0 Å². The van der Waals surface area contributed by atoms with Gasteiger partial charge in [0.25, 0.3) is 0 Å². The van der Waals surface area contributed by atoms with Gasteiger partial charge >= 0.3 is 0 Å². The zero-order chi connectivity index (χ0) is 22.8. The largest absolute Gasteiger partial charge is 0.369 e. The molecule has 2 unspecified atom stereocenters. The second kappa shape index (κ2) is 7.40. The highest BCUT2D eigenvalue weighted by molar-refractivity contribution is 7.93. The van der Waals surface area contributed by atoms with Gasteiger partial charge in [-0.05, 0) is 89.0 Å². The number of carbonyl (C=O) groups excluding carboxylic acids is 2. The average molecular weight is 454 g/mol. The number of amides is 2. The molecule has 0 aliphatic heterocycles. The Bertz CT molecular complexity index is 969. The van der Waals surface area contributed by atoms with Crippen LogP contribution in [0.4, 0.5) is 4.39 Å². The van der Waals surface area contributed by atoms with Crippen LogP contribution < -0.4 is 15.8 Å². The van der Waals surface area contributed by atoms with Gasteiger partial charge in [0.1, 0.15) is 16.3 Å². The first-order chi connectivity index (χ1) is 14.3. The molecular weight excluding hydrogens is 421 g/mol. The molecule has 0 aromatic rings. The summed E-state index contributed by atoms with van der Waals surface area (Å²) in [5.41, 5.74) is 4.21. The summed E-state index contributed by atoms with van der Waals surface area (Å²) in [5.74, 6) is -0.637. The Hall–Kier alpha value is -1.74. The van der Waals surface area contributed by atoms with Crippen LogP contribution in [0.1, 0.15) is 65.7 Å². The van der Waals surface area contributed by atoms with Gasteiger partial charge in [-0.15, -0.1) is 0 Å². The number of sulfonamides is 1. The van der Waals surface area contributed by atoms with Crippen molar-refractivity contribution in [1.82, 2.24) is 10.0 Å². The highest BCUT2D eigenvalue weighted by atomic mass is 32.2. The summed E-state index contributed by atoms with van der Waals surface area (Å²) < 4.78 is 42.5. The van der Waals surface area contributed by atoms with Gasteiger partial charge in [0, 0.05) is 11.5 Å².